The largest absolute Gasteiger partial charge is 0.381 e. The van der Waals surface area contributed by atoms with Crippen LogP contribution in [-0.4, -0.2) is 29.3 Å². The third-order valence-corrected chi connectivity index (χ3v) is 3.64. The van der Waals surface area contributed by atoms with Gasteiger partial charge in [0.1, 0.15) is 11.0 Å². The lowest BCUT2D eigenvalue weighted by molar-refractivity contribution is -0.122. The number of amides is 1. The predicted octanol–water partition coefficient (Wildman–Crippen LogP) is 1.75. The lowest BCUT2D eigenvalue weighted by Crippen LogP contribution is -2.30. The monoisotopic (exact) mass is 306 g/mol. The first-order valence-corrected chi connectivity index (χ1v) is 7.53. The summed E-state index contributed by atoms with van der Waals surface area (Å²) in [6.07, 6.45) is 0.311. The van der Waals surface area contributed by atoms with Crippen LogP contribution < -0.4 is 11.1 Å². The van der Waals surface area contributed by atoms with E-state index >= 15 is 0 Å². The van der Waals surface area contributed by atoms with Crippen LogP contribution in [0.1, 0.15) is 30.0 Å². The minimum Gasteiger partial charge on any atom is -0.381 e. The van der Waals surface area contributed by atoms with Gasteiger partial charge in [0.05, 0.1) is 6.61 Å². The number of hydrogen-bond donors (Lipinski definition) is 2. The molecule has 0 fully saturated rings. The van der Waals surface area contributed by atoms with Crippen LogP contribution in [-0.2, 0) is 9.53 Å². The van der Waals surface area contributed by atoms with Gasteiger partial charge >= 0.3 is 0 Å². The number of carbonyl (C=O) groups excluding carboxylic acids is 1. The smallest absolute Gasteiger partial charge is 0.223 e. The van der Waals surface area contributed by atoms with Crippen LogP contribution in [0.2, 0.25) is 0 Å². The quantitative estimate of drug-likeness (QED) is 0.761. The number of aromatic nitrogens is 2. The van der Waals surface area contributed by atoms with Gasteiger partial charge in [-0.05, 0) is 12.5 Å². The van der Waals surface area contributed by atoms with E-state index in [0.29, 0.717) is 29.8 Å². The first-order valence-electron chi connectivity index (χ1n) is 6.71. The highest BCUT2D eigenvalue weighted by Gasteiger charge is 2.20. The first-order chi connectivity index (χ1) is 10.2. The zero-order valence-corrected chi connectivity index (χ0v) is 12.6. The van der Waals surface area contributed by atoms with Crippen molar-refractivity contribution in [1.29, 1.82) is 0 Å². The maximum absolute atomic E-state index is 12.0. The van der Waals surface area contributed by atoms with Crippen LogP contribution in [0.15, 0.2) is 30.3 Å². The number of ether oxygens (including phenoxy) is 1. The average Bonchev–Trinajstić information content (AvgIpc) is 2.92. The van der Waals surface area contributed by atoms with E-state index in [2.05, 4.69) is 15.5 Å². The molecule has 0 radical (unpaired) electrons. The molecule has 1 amide bonds. The van der Waals surface area contributed by atoms with Crippen molar-refractivity contribution in [1.82, 2.24) is 15.5 Å². The number of benzene rings is 1. The Morgan fingerprint density at radius 2 is 2.14 bits per heavy atom. The Labute approximate surface area is 127 Å². The van der Waals surface area contributed by atoms with Crippen molar-refractivity contribution in [2.45, 2.75) is 19.4 Å². The number of anilines is 1. The van der Waals surface area contributed by atoms with Crippen LogP contribution in [0.5, 0.6) is 0 Å². The van der Waals surface area contributed by atoms with Crippen molar-refractivity contribution in [3.63, 3.8) is 0 Å². The van der Waals surface area contributed by atoms with E-state index in [9.17, 15) is 4.79 Å². The molecule has 1 atom stereocenters. The summed E-state index contributed by atoms with van der Waals surface area (Å²) in [5.41, 5.74) is 6.58. The Kier molecular flexibility index (Phi) is 5.65. The second-order valence-corrected chi connectivity index (χ2v) is 5.38. The van der Waals surface area contributed by atoms with Gasteiger partial charge in [-0.2, -0.15) is 0 Å². The Bertz CT molecular complexity index is 573. The molecule has 1 heterocycles. The molecule has 0 spiro atoms. The molecule has 0 aliphatic carbocycles. The molecule has 7 heteroatoms. The van der Waals surface area contributed by atoms with Gasteiger partial charge < -0.3 is 15.8 Å². The van der Waals surface area contributed by atoms with Crippen molar-refractivity contribution in [3.05, 3.63) is 40.9 Å². The summed E-state index contributed by atoms with van der Waals surface area (Å²) in [5, 5.41) is 11.9. The minimum atomic E-state index is -0.338. The number of nitrogens with two attached hydrogens (primary N) is 1. The lowest BCUT2D eigenvalue weighted by atomic mass is 10.1. The van der Waals surface area contributed by atoms with E-state index in [-0.39, 0.29) is 11.9 Å². The highest BCUT2D eigenvalue weighted by atomic mass is 32.1. The van der Waals surface area contributed by atoms with Crippen LogP contribution in [0.4, 0.5) is 5.13 Å². The summed E-state index contributed by atoms with van der Waals surface area (Å²) in [6, 6.07) is 9.29. The molecule has 2 aromatic rings. The van der Waals surface area contributed by atoms with Crippen molar-refractivity contribution >= 4 is 22.4 Å². The molecular weight excluding hydrogens is 288 g/mol. The number of hydrogen-bond acceptors (Lipinski definition) is 6. The fourth-order valence-corrected chi connectivity index (χ4v) is 2.53. The summed E-state index contributed by atoms with van der Waals surface area (Å²) in [4.78, 5) is 12.0. The van der Waals surface area contributed by atoms with Crippen LogP contribution >= 0.6 is 11.3 Å². The van der Waals surface area contributed by atoms with E-state index < -0.39 is 0 Å². The Hall–Kier alpha value is -1.99. The molecule has 0 saturated heterocycles. The molecule has 21 heavy (non-hydrogen) atoms. The molecule has 0 bridgehead atoms. The van der Waals surface area contributed by atoms with Crippen molar-refractivity contribution in [2.75, 3.05) is 18.9 Å². The Morgan fingerprint density at radius 3 is 2.76 bits per heavy atom. The summed E-state index contributed by atoms with van der Waals surface area (Å²) >= 11 is 1.27. The van der Waals surface area contributed by atoms with E-state index in [1.165, 1.54) is 11.3 Å². The number of rotatable bonds is 7. The Morgan fingerprint density at radius 1 is 1.38 bits per heavy atom. The zero-order chi connectivity index (χ0) is 15.1. The number of nitrogen functional groups attached to an aromatic ring is 1. The summed E-state index contributed by atoms with van der Waals surface area (Å²) in [5.74, 6) is -0.0916. The molecule has 6 nitrogen and oxygen atoms in total. The predicted molar refractivity (Wildman–Crippen MR) is 81.9 cm³/mol. The standard InChI is InChI=1S/C14H18N4O2S/c1-2-20-9-8-11(19)16-12(10-6-4-3-5-7-10)13-17-18-14(15)21-13/h3-7,12H,2,8-9H2,1H3,(H2,15,18)(H,16,19). The van der Waals surface area contributed by atoms with E-state index in [1.807, 2.05) is 37.3 Å². The van der Waals surface area contributed by atoms with Crippen molar-refractivity contribution in [2.24, 2.45) is 0 Å². The maximum atomic E-state index is 12.0. The molecular formula is C14H18N4O2S. The maximum Gasteiger partial charge on any atom is 0.223 e. The lowest BCUT2D eigenvalue weighted by Gasteiger charge is -2.16. The molecule has 2 rings (SSSR count). The average molecular weight is 306 g/mol. The Balaban J connectivity index is 2.11. The van der Waals surface area contributed by atoms with Gasteiger partial charge in [-0.15, -0.1) is 10.2 Å². The molecule has 3 N–H and O–H groups in total. The fraction of sp³-hybridized carbons (Fsp3) is 0.357. The van der Waals surface area contributed by atoms with Gasteiger partial charge in [0.15, 0.2) is 0 Å². The molecule has 1 aromatic carbocycles. The second kappa shape index (κ2) is 7.70. The molecule has 112 valence electrons. The number of nitrogens with one attached hydrogen (secondary N) is 1. The summed E-state index contributed by atoms with van der Waals surface area (Å²) in [7, 11) is 0. The second-order valence-electron chi connectivity index (χ2n) is 4.34. The topological polar surface area (TPSA) is 90.1 Å². The van der Waals surface area contributed by atoms with E-state index in [4.69, 9.17) is 10.5 Å². The fourth-order valence-electron chi connectivity index (χ4n) is 1.84. The summed E-state index contributed by atoms with van der Waals surface area (Å²) < 4.78 is 5.20. The van der Waals surface area contributed by atoms with Gasteiger partial charge in [0.25, 0.3) is 0 Å². The molecule has 1 unspecified atom stereocenters. The van der Waals surface area contributed by atoms with E-state index in [1.54, 1.807) is 0 Å². The van der Waals surface area contributed by atoms with Crippen LogP contribution in [0.3, 0.4) is 0 Å². The van der Waals surface area contributed by atoms with Gasteiger partial charge in [-0.25, -0.2) is 0 Å². The molecule has 1 aromatic heterocycles. The van der Waals surface area contributed by atoms with Crippen LogP contribution in [0.25, 0.3) is 0 Å². The minimum absolute atomic E-state index is 0.0916. The SMILES string of the molecule is CCOCCC(=O)NC(c1ccccc1)c1nnc(N)s1. The van der Waals surface area contributed by atoms with Gasteiger partial charge in [-0.1, -0.05) is 41.7 Å². The van der Waals surface area contributed by atoms with Crippen molar-refractivity contribution in [3.8, 4) is 0 Å². The first kappa shape index (κ1) is 15.4. The molecule has 0 saturated carbocycles. The van der Waals surface area contributed by atoms with Gasteiger partial charge in [0.2, 0.25) is 11.0 Å². The highest BCUT2D eigenvalue weighted by Crippen LogP contribution is 2.25. The van der Waals surface area contributed by atoms with Crippen LogP contribution in [0, 0.1) is 0 Å². The third-order valence-electron chi connectivity index (χ3n) is 2.82. The number of nitrogens with zero attached hydrogens (tertiary/aromatic N) is 2. The normalized spacial score (nSPS) is 12.0. The van der Waals surface area contributed by atoms with Gasteiger partial charge in [0, 0.05) is 13.0 Å². The molecule has 0 aliphatic rings. The number of carbonyl (C=O) groups is 1. The molecule has 0 aliphatic heterocycles. The zero-order valence-electron chi connectivity index (χ0n) is 11.8. The van der Waals surface area contributed by atoms with Gasteiger partial charge in [-0.3, -0.25) is 4.79 Å². The highest BCUT2D eigenvalue weighted by molar-refractivity contribution is 7.15. The van der Waals surface area contributed by atoms with Crippen molar-refractivity contribution < 1.29 is 9.53 Å². The van der Waals surface area contributed by atoms with E-state index in [0.717, 1.165) is 5.56 Å². The summed E-state index contributed by atoms with van der Waals surface area (Å²) in [6.45, 7) is 2.90. The third kappa shape index (κ3) is 4.51.